The lowest BCUT2D eigenvalue weighted by Crippen LogP contribution is -2.18. The van der Waals surface area contributed by atoms with Crippen LogP contribution < -0.4 is 10.6 Å². The zero-order chi connectivity index (χ0) is 15.4. The smallest absolute Gasteiger partial charge is 0.170 e. The summed E-state index contributed by atoms with van der Waals surface area (Å²) in [5.74, 6) is 0.130. The molecular weight excluding hydrogens is 262 g/mol. The number of benzene rings is 2. The van der Waals surface area contributed by atoms with E-state index < -0.39 is 0 Å². The van der Waals surface area contributed by atoms with Crippen molar-refractivity contribution in [2.75, 3.05) is 11.9 Å². The zero-order valence-corrected chi connectivity index (χ0v) is 12.7. The molecule has 4 heteroatoms. The summed E-state index contributed by atoms with van der Waals surface area (Å²) in [7, 11) is 2.06. The molecular formula is C17H21N3O. The van der Waals surface area contributed by atoms with Crippen molar-refractivity contribution in [1.82, 2.24) is 0 Å². The number of aryl methyl sites for hydroxylation is 2. The average molecular weight is 283 g/mol. The van der Waals surface area contributed by atoms with Gasteiger partial charge in [0.2, 0.25) is 0 Å². The Morgan fingerprint density at radius 3 is 2.43 bits per heavy atom. The number of rotatable bonds is 4. The van der Waals surface area contributed by atoms with Crippen LogP contribution in [0.3, 0.4) is 0 Å². The Morgan fingerprint density at radius 1 is 1.14 bits per heavy atom. The summed E-state index contributed by atoms with van der Waals surface area (Å²) in [6.07, 6.45) is 0. The van der Waals surface area contributed by atoms with Gasteiger partial charge < -0.3 is 15.8 Å². The summed E-state index contributed by atoms with van der Waals surface area (Å²) >= 11 is 0. The number of nitrogens with two attached hydrogens (primary N) is 1. The quantitative estimate of drug-likeness (QED) is 0.392. The van der Waals surface area contributed by atoms with E-state index in [1.54, 1.807) is 0 Å². The first-order valence-electron chi connectivity index (χ1n) is 6.86. The van der Waals surface area contributed by atoms with Gasteiger partial charge in [-0.05, 0) is 48.7 Å². The van der Waals surface area contributed by atoms with E-state index >= 15 is 0 Å². The first-order valence-corrected chi connectivity index (χ1v) is 6.86. The Labute approximate surface area is 125 Å². The molecule has 0 saturated heterocycles. The molecule has 0 amide bonds. The van der Waals surface area contributed by atoms with E-state index in [1.807, 2.05) is 24.3 Å². The summed E-state index contributed by atoms with van der Waals surface area (Å²) in [5.41, 5.74) is 11.2. The summed E-state index contributed by atoms with van der Waals surface area (Å²) in [6, 6.07) is 14.2. The van der Waals surface area contributed by atoms with Gasteiger partial charge in [0, 0.05) is 24.8 Å². The molecule has 0 radical (unpaired) electrons. The molecule has 110 valence electrons. The van der Waals surface area contributed by atoms with Crippen molar-refractivity contribution in [2.24, 2.45) is 10.9 Å². The van der Waals surface area contributed by atoms with E-state index in [0.29, 0.717) is 0 Å². The molecule has 3 N–H and O–H groups in total. The van der Waals surface area contributed by atoms with E-state index in [-0.39, 0.29) is 5.84 Å². The minimum Gasteiger partial charge on any atom is -0.409 e. The molecule has 0 heterocycles. The second kappa shape index (κ2) is 6.31. The zero-order valence-electron chi connectivity index (χ0n) is 12.7. The fraction of sp³-hybridized carbons (Fsp3) is 0.235. The van der Waals surface area contributed by atoms with Crippen LogP contribution in [0.25, 0.3) is 0 Å². The summed E-state index contributed by atoms with van der Waals surface area (Å²) in [4.78, 5) is 2.19. The molecule has 0 unspecified atom stereocenters. The molecule has 0 aromatic heterocycles. The molecule has 2 aromatic rings. The van der Waals surface area contributed by atoms with Crippen LogP contribution in [0, 0.1) is 13.8 Å². The first kappa shape index (κ1) is 14.9. The Hall–Kier alpha value is -2.49. The van der Waals surface area contributed by atoms with Crippen molar-refractivity contribution in [2.45, 2.75) is 20.4 Å². The highest BCUT2D eigenvalue weighted by Crippen LogP contribution is 2.19. The Morgan fingerprint density at radius 2 is 1.81 bits per heavy atom. The molecule has 0 aliphatic heterocycles. The van der Waals surface area contributed by atoms with Gasteiger partial charge in [0.05, 0.1) is 0 Å². The highest BCUT2D eigenvalue weighted by molar-refractivity contribution is 5.97. The molecule has 0 saturated carbocycles. The first-order chi connectivity index (χ1) is 9.99. The number of hydrogen-bond acceptors (Lipinski definition) is 3. The second-order valence-corrected chi connectivity index (χ2v) is 5.39. The van der Waals surface area contributed by atoms with E-state index in [0.717, 1.165) is 17.7 Å². The number of amidine groups is 1. The third-order valence-corrected chi connectivity index (χ3v) is 3.40. The molecule has 2 rings (SSSR count). The molecule has 4 nitrogen and oxygen atoms in total. The molecule has 0 aliphatic carbocycles. The predicted octanol–water partition coefficient (Wildman–Crippen LogP) is 3.03. The van der Waals surface area contributed by atoms with Crippen LogP contribution in [-0.2, 0) is 6.54 Å². The van der Waals surface area contributed by atoms with E-state index in [1.165, 1.54) is 16.8 Å². The van der Waals surface area contributed by atoms with E-state index in [4.69, 9.17) is 10.9 Å². The van der Waals surface area contributed by atoms with E-state index in [9.17, 15) is 0 Å². The standard InChI is InChI=1S/C17H21N3O/c1-12-7-13(2)9-16(8-12)20(3)11-14-5-4-6-15(10-14)17(18)19-21/h4-10,21H,11H2,1-3H3,(H2,18,19). The van der Waals surface area contributed by atoms with Crippen LogP contribution in [-0.4, -0.2) is 18.1 Å². The summed E-state index contributed by atoms with van der Waals surface area (Å²) in [6.45, 7) is 4.96. The van der Waals surface area contributed by atoms with Crippen molar-refractivity contribution < 1.29 is 5.21 Å². The third-order valence-electron chi connectivity index (χ3n) is 3.40. The molecule has 0 spiro atoms. The lowest BCUT2D eigenvalue weighted by molar-refractivity contribution is 0.318. The fourth-order valence-electron chi connectivity index (χ4n) is 2.42. The van der Waals surface area contributed by atoms with Gasteiger partial charge in [-0.15, -0.1) is 0 Å². The van der Waals surface area contributed by atoms with Crippen molar-refractivity contribution >= 4 is 11.5 Å². The van der Waals surface area contributed by atoms with Crippen molar-refractivity contribution in [1.29, 1.82) is 0 Å². The fourth-order valence-corrected chi connectivity index (χ4v) is 2.42. The summed E-state index contributed by atoms with van der Waals surface area (Å²) in [5, 5.41) is 11.8. The number of nitrogens with zero attached hydrogens (tertiary/aromatic N) is 2. The van der Waals surface area contributed by atoms with Crippen molar-refractivity contribution in [3.05, 3.63) is 64.7 Å². The predicted molar refractivity (Wildman–Crippen MR) is 87.0 cm³/mol. The number of hydrogen-bond donors (Lipinski definition) is 2. The van der Waals surface area contributed by atoms with E-state index in [2.05, 4.69) is 49.1 Å². The van der Waals surface area contributed by atoms with Gasteiger partial charge in [-0.25, -0.2) is 0 Å². The monoisotopic (exact) mass is 283 g/mol. The highest BCUT2D eigenvalue weighted by Gasteiger charge is 2.06. The molecule has 0 atom stereocenters. The van der Waals surface area contributed by atoms with Gasteiger partial charge >= 0.3 is 0 Å². The maximum Gasteiger partial charge on any atom is 0.170 e. The van der Waals surface area contributed by atoms with Crippen molar-refractivity contribution in [3.8, 4) is 0 Å². The van der Waals surface area contributed by atoms with Crippen LogP contribution in [0.5, 0.6) is 0 Å². The van der Waals surface area contributed by atoms with Crippen LogP contribution in [0.1, 0.15) is 22.3 Å². The van der Waals surface area contributed by atoms with Gasteiger partial charge in [-0.2, -0.15) is 0 Å². The minimum absolute atomic E-state index is 0.130. The highest BCUT2D eigenvalue weighted by atomic mass is 16.4. The topological polar surface area (TPSA) is 61.8 Å². The SMILES string of the molecule is Cc1cc(C)cc(N(C)Cc2cccc(C(N)=NO)c2)c1. The molecule has 2 aromatic carbocycles. The molecule has 21 heavy (non-hydrogen) atoms. The van der Waals surface area contributed by atoms with Crippen LogP contribution in [0.15, 0.2) is 47.6 Å². The molecule has 0 aliphatic rings. The Kier molecular flexibility index (Phi) is 4.48. The van der Waals surface area contributed by atoms with Gasteiger partial charge in [0.15, 0.2) is 5.84 Å². The number of anilines is 1. The maximum absolute atomic E-state index is 8.75. The molecule has 0 bridgehead atoms. The second-order valence-electron chi connectivity index (χ2n) is 5.39. The van der Waals surface area contributed by atoms with Crippen molar-refractivity contribution in [3.63, 3.8) is 0 Å². The van der Waals surface area contributed by atoms with Crippen LogP contribution in [0.4, 0.5) is 5.69 Å². The number of oxime groups is 1. The largest absolute Gasteiger partial charge is 0.409 e. The summed E-state index contributed by atoms with van der Waals surface area (Å²) < 4.78 is 0. The Bertz CT molecular complexity index is 645. The van der Waals surface area contributed by atoms with Gasteiger partial charge in [0.1, 0.15) is 0 Å². The normalized spacial score (nSPS) is 11.5. The van der Waals surface area contributed by atoms with Crippen LogP contribution >= 0.6 is 0 Å². The Balaban J connectivity index is 2.21. The average Bonchev–Trinajstić information content (AvgIpc) is 2.45. The minimum atomic E-state index is 0.130. The van der Waals surface area contributed by atoms with Gasteiger partial charge in [-0.1, -0.05) is 29.4 Å². The van der Waals surface area contributed by atoms with Gasteiger partial charge in [0.25, 0.3) is 0 Å². The lowest BCUT2D eigenvalue weighted by Gasteiger charge is -2.21. The van der Waals surface area contributed by atoms with Gasteiger partial charge in [-0.3, -0.25) is 0 Å². The third kappa shape index (κ3) is 3.75. The molecule has 0 fully saturated rings. The maximum atomic E-state index is 8.75. The van der Waals surface area contributed by atoms with Crippen LogP contribution in [0.2, 0.25) is 0 Å². The lowest BCUT2D eigenvalue weighted by atomic mass is 10.1.